The highest BCUT2D eigenvalue weighted by Gasteiger charge is 2.28. The van der Waals surface area contributed by atoms with Gasteiger partial charge >= 0.3 is 0 Å². The van der Waals surface area contributed by atoms with Crippen molar-refractivity contribution in [3.63, 3.8) is 0 Å². The van der Waals surface area contributed by atoms with Gasteiger partial charge in [0.1, 0.15) is 11.6 Å². The number of para-hydroxylation sites is 2. The van der Waals surface area contributed by atoms with Gasteiger partial charge in [-0.15, -0.1) is 0 Å². The van der Waals surface area contributed by atoms with Crippen LogP contribution in [-0.4, -0.2) is 60.1 Å². The Morgan fingerprint density at radius 2 is 1.96 bits per heavy atom. The lowest BCUT2D eigenvalue weighted by Crippen LogP contribution is -2.45. The van der Waals surface area contributed by atoms with Gasteiger partial charge in [0, 0.05) is 37.9 Å². The van der Waals surface area contributed by atoms with Crippen LogP contribution in [0.3, 0.4) is 0 Å². The lowest BCUT2D eigenvalue weighted by molar-refractivity contribution is 0.313. The summed E-state index contributed by atoms with van der Waals surface area (Å²) in [5.74, 6) is 1.53. The van der Waals surface area contributed by atoms with Crippen LogP contribution in [0, 0.1) is 0 Å². The van der Waals surface area contributed by atoms with Crippen molar-refractivity contribution in [2.75, 3.05) is 31.3 Å². The zero-order valence-electron chi connectivity index (χ0n) is 15.8. The molecule has 9 heteroatoms. The molecule has 1 aliphatic rings. The fourth-order valence-corrected chi connectivity index (χ4v) is 4.54. The van der Waals surface area contributed by atoms with Gasteiger partial charge in [-0.05, 0) is 31.0 Å². The minimum absolute atomic E-state index is 0.0217. The number of aromatic amines is 1. The maximum Gasteiger partial charge on any atom is 0.211 e. The maximum atomic E-state index is 11.8. The molecule has 0 aliphatic carbocycles. The van der Waals surface area contributed by atoms with Gasteiger partial charge < -0.3 is 9.88 Å². The van der Waals surface area contributed by atoms with Crippen molar-refractivity contribution in [1.82, 2.24) is 19.3 Å². The molecule has 0 radical (unpaired) electrons. The van der Waals surface area contributed by atoms with Gasteiger partial charge in [-0.3, -0.25) is 0 Å². The highest BCUT2D eigenvalue weighted by atomic mass is 35.5. The molecule has 0 amide bonds. The van der Waals surface area contributed by atoms with E-state index in [9.17, 15) is 8.42 Å². The molecule has 0 atom stereocenters. The first kappa shape index (κ1) is 19.2. The van der Waals surface area contributed by atoms with Gasteiger partial charge in [-0.25, -0.2) is 22.7 Å². The van der Waals surface area contributed by atoms with Crippen LogP contribution in [0.25, 0.3) is 22.4 Å². The second kappa shape index (κ2) is 7.35. The number of nitrogens with one attached hydrogen (secondary N) is 1. The van der Waals surface area contributed by atoms with Crippen molar-refractivity contribution < 1.29 is 8.42 Å². The Hall–Kier alpha value is -2.16. The molecule has 1 aliphatic heterocycles. The lowest BCUT2D eigenvalue weighted by atomic mass is 10.1. The minimum Gasteiger partial charge on any atom is -0.356 e. The molecule has 3 heterocycles. The molecule has 1 fully saturated rings. The van der Waals surface area contributed by atoms with Crippen molar-refractivity contribution in [3.05, 3.63) is 41.6 Å². The number of halogens is 1. The molecule has 3 aromatic rings. The highest BCUT2D eigenvalue weighted by molar-refractivity contribution is 7.88. The summed E-state index contributed by atoms with van der Waals surface area (Å²) in [6.07, 6.45) is 4.41. The summed E-state index contributed by atoms with van der Waals surface area (Å²) in [6, 6.07) is 9.81. The average molecular weight is 420 g/mol. The second-order valence-electron chi connectivity index (χ2n) is 7.12. The van der Waals surface area contributed by atoms with E-state index in [1.165, 1.54) is 10.6 Å². The summed E-state index contributed by atoms with van der Waals surface area (Å²) in [5.41, 5.74) is 2.64. The molecule has 2 aromatic heterocycles. The lowest BCUT2D eigenvalue weighted by Gasteiger charge is -2.36. The molecule has 1 saturated heterocycles. The number of hydrogen-bond donors (Lipinski definition) is 1. The number of rotatable bonds is 4. The fourth-order valence-electron chi connectivity index (χ4n) is 3.59. The first-order valence-electron chi connectivity index (χ1n) is 9.11. The summed E-state index contributed by atoms with van der Waals surface area (Å²) in [6.45, 7) is 1.47. The summed E-state index contributed by atoms with van der Waals surface area (Å²) in [7, 11) is -1.53. The number of sulfonamides is 1. The minimum atomic E-state index is -3.18. The predicted octanol–water partition coefficient (Wildman–Crippen LogP) is 3.14. The fraction of sp³-hybridized carbons (Fsp3) is 0.368. The molecule has 148 valence electrons. The van der Waals surface area contributed by atoms with Crippen molar-refractivity contribution in [3.8, 4) is 11.4 Å². The number of pyridine rings is 1. The molecule has 1 N–H and O–H groups in total. The quantitative estimate of drug-likeness (QED) is 0.702. The molecular formula is C19H22ClN5O2S. The van der Waals surface area contributed by atoms with Gasteiger partial charge in [0.25, 0.3) is 0 Å². The average Bonchev–Trinajstić information content (AvgIpc) is 3.11. The third-order valence-electron chi connectivity index (χ3n) is 5.31. The van der Waals surface area contributed by atoms with E-state index in [4.69, 9.17) is 11.6 Å². The van der Waals surface area contributed by atoms with Gasteiger partial charge in [0.15, 0.2) is 0 Å². The van der Waals surface area contributed by atoms with E-state index in [1.807, 2.05) is 30.3 Å². The molecule has 4 rings (SSSR count). The number of hydrogen-bond acceptors (Lipinski definition) is 5. The molecule has 0 bridgehead atoms. The zero-order valence-corrected chi connectivity index (χ0v) is 17.3. The molecule has 0 spiro atoms. The van der Waals surface area contributed by atoms with Crippen LogP contribution in [0.4, 0.5) is 5.82 Å². The van der Waals surface area contributed by atoms with Crippen LogP contribution in [0.1, 0.15) is 12.8 Å². The Morgan fingerprint density at radius 1 is 1.25 bits per heavy atom. The van der Waals surface area contributed by atoms with Gasteiger partial charge in [-0.2, -0.15) is 0 Å². The number of imidazole rings is 1. The molecule has 1 aromatic carbocycles. The van der Waals surface area contributed by atoms with Crippen LogP contribution in [0.15, 0.2) is 36.5 Å². The van der Waals surface area contributed by atoms with Crippen LogP contribution in [-0.2, 0) is 10.0 Å². The Morgan fingerprint density at radius 3 is 2.64 bits per heavy atom. The van der Waals surface area contributed by atoms with E-state index in [1.54, 1.807) is 13.2 Å². The molecular weight excluding hydrogens is 398 g/mol. The number of anilines is 1. The number of benzene rings is 1. The van der Waals surface area contributed by atoms with Gasteiger partial charge in [0.2, 0.25) is 10.0 Å². The number of nitrogens with zero attached hydrogens (tertiary/aromatic N) is 4. The number of fused-ring (bicyclic) bond motifs is 1. The summed E-state index contributed by atoms with van der Waals surface area (Å²) < 4.78 is 25.0. The highest BCUT2D eigenvalue weighted by Crippen LogP contribution is 2.31. The van der Waals surface area contributed by atoms with E-state index >= 15 is 0 Å². The van der Waals surface area contributed by atoms with Crippen LogP contribution < -0.4 is 4.90 Å². The van der Waals surface area contributed by atoms with Crippen molar-refractivity contribution in [2.24, 2.45) is 0 Å². The van der Waals surface area contributed by atoms with E-state index in [0.717, 1.165) is 48.3 Å². The van der Waals surface area contributed by atoms with E-state index in [0.29, 0.717) is 10.8 Å². The van der Waals surface area contributed by atoms with Gasteiger partial charge in [0.05, 0.1) is 22.3 Å². The maximum absolute atomic E-state index is 11.8. The molecule has 7 nitrogen and oxygen atoms in total. The number of aromatic nitrogens is 3. The Labute approximate surface area is 169 Å². The van der Waals surface area contributed by atoms with E-state index < -0.39 is 10.0 Å². The number of piperidine rings is 1. The van der Waals surface area contributed by atoms with E-state index in [2.05, 4.69) is 19.9 Å². The smallest absolute Gasteiger partial charge is 0.211 e. The predicted molar refractivity (Wildman–Crippen MR) is 112 cm³/mol. The third-order valence-corrected chi connectivity index (χ3v) is 6.96. The SMILES string of the molecule is CN(C1CCN(c2cc(-c3nc4ccccc4[nH]3)c(Cl)cn2)CC1)S(C)(=O)=O. The topological polar surface area (TPSA) is 82.2 Å². The first-order chi connectivity index (χ1) is 13.3. The van der Waals surface area contributed by atoms with Crippen LogP contribution in [0.5, 0.6) is 0 Å². The second-order valence-corrected chi connectivity index (χ2v) is 9.57. The van der Waals surface area contributed by atoms with Crippen LogP contribution >= 0.6 is 11.6 Å². The Bertz CT molecular complexity index is 1070. The van der Waals surface area contributed by atoms with Crippen LogP contribution in [0.2, 0.25) is 5.02 Å². The summed E-state index contributed by atoms with van der Waals surface area (Å²) in [4.78, 5) is 14.6. The first-order valence-corrected chi connectivity index (χ1v) is 11.3. The molecule has 0 unspecified atom stereocenters. The molecule has 0 saturated carbocycles. The van der Waals surface area contributed by atoms with Crippen molar-refractivity contribution in [1.29, 1.82) is 0 Å². The third kappa shape index (κ3) is 3.72. The van der Waals surface area contributed by atoms with Gasteiger partial charge in [-0.1, -0.05) is 23.7 Å². The largest absolute Gasteiger partial charge is 0.356 e. The van der Waals surface area contributed by atoms with Crippen molar-refractivity contribution in [2.45, 2.75) is 18.9 Å². The standard InChI is InChI=1S/C19H22ClN5O2S/c1-24(28(2,26)27)13-7-9-25(10-8-13)18-11-14(15(20)12-21-18)19-22-16-5-3-4-6-17(16)23-19/h3-6,11-13H,7-10H2,1-2H3,(H,22,23). The monoisotopic (exact) mass is 419 g/mol. The molecule has 28 heavy (non-hydrogen) atoms. The zero-order chi connectivity index (χ0) is 19.9. The summed E-state index contributed by atoms with van der Waals surface area (Å²) >= 11 is 6.40. The van der Waals surface area contributed by atoms with E-state index in [-0.39, 0.29) is 6.04 Å². The summed E-state index contributed by atoms with van der Waals surface area (Å²) in [5, 5.41) is 0.537. The number of H-pyrrole nitrogens is 1. The normalized spacial score (nSPS) is 16.2. The van der Waals surface area contributed by atoms with Crippen molar-refractivity contribution >= 4 is 38.5 Å². The Kier molecular flexibility index (Phi) is 5.03. The Balaban J connectivity index is 1.56.